The largest absolute Gasteiger partial charge is 0.497 e. The standard InChI is InChI=1S/C12H16BrNO/c1-8(9-3-4-9)14-11-5-10(13)6-12(7-11)15-2/h5-9,14H,3-4H2,1-2H3. The van der Waals surface area contributed by atoms with Gasteiger partial charge in [-0.15, -0.1) is 0 Å². The highest BCUT2D eigenvalue weighted by Crippen LogP contribution is 2.34. The number of methoxy groups -OCH3 is 1. The molecule has 0 saturated heterocycles. The molecule has 0 bridgehead atoms. The fourth-order valence-electron chi connectivity index (χ4n) is 1.74. The van der Waals surface area contributed by atoms with Gasteiger partial charge in [0.2, 0.25) is 0 Å². The van der Waals surface area contributed by atoms with E-state index >= 15 is 0 Å². The van der Waals surface area contributed by atoms with Crippen LogP contribution in [0, 0.1) is 5.92 Å². The van der Waals surface area contributed by atoms with Crippen LogP contribution in [0.25, 0.3) is 0 Å². The first-order valence-corrected chi connectivity index (χ1v) is 6.09. The highest BCUT2D eigenvalue weighted by molar-refractivity contribution is 9.10. The molecule has 1 aromatic carbocycles. The number of hydrogen-bond donors (Lipinski definition) is 1. The van der Waals surface area contributed by atoms with Crippen molar-refractivity contribution >= 4 is 21.6 Å². The Morgan fingerprint density at radius 3 is 2.73 bits per heavy atom. The Kier molecular flexibility index (Phi) is 3.19. The van der Waals surface area contributed by atoms with Crippen LogP contribution in [0.1, 0.15) is 19.8 Å². The van der Waals surface area contributed by atoms with Crippen LogP contribution in [-0.2, 0) is 0 Å². The Balaban J connectivity index is 2.08. The molecule has 0 spiro atoms. The van der Waals surface area contributed by atoms with E-state index in [0.29, 0.717) is 6.04 Å². The number of halogens is 1. The summed E-state index contributed by atoms with van der Waals surface area (Å²) in [6.07, 6.45) is 2.72. The van der Waals surface area contributed by atoms with Gasteiger partial charge >= 0.3 is 0 Å². The van der Waals surface area contributed by atoms with Crippen LogP contribution in [0.2, 0.25) is 0 Å². The van der Waals surface area contributed by atoms with Crippen LogP contribution in [0.5, 0.6) is 5.75 Å². The highest BCUT2D eigenvalue weighted by atomic mass is 79.9. The zero-order valence-electron chi connectivity index (χ0n) is 9.09. The van der Waals surface area contributed by atoms with Gasteiger partial charge in [-0.05, 0) is 37.8 Å². The second-order valence-electron chi connectivity index (χ2n) is 4.15. The molecule has 1 atom stereocenters. The zero-order chi connectivity index (χ0) is 10.8. The van der Waals surface area contributed by atoms with Gasteiger partial charge in [0.25, 0.3) is 0 Å². The van der Waals surface area contributed by atoms with Crippen molar-refractivity contribution in [1.29, 1.82) is 0 Å². The van der Waals surface area contributed by atoms with Crippen molar-refractivity contribution < 1.29 is 4.74 Å². The molecule has 1 N–H and O–H groups in total. The second kappa shape index (κ2) is 4.44. The van der Waals surface area contributed by atoms with Crippen LogP contribution in [0.3, 0.4) is 0 Å². The molecule has 0 aromatic heterocycles. The molecular weight excluding hydrogens is 254 g/mol. The number of rotatable bonds is 4. The Hall–Kier alpha value is -0.700. The SMILES string of the molecule is COc1cc(Br)cc(NC(C)C2CC2)c1. The van der Waals surface area contributed by atoms with E-state index in [1.54, 1.807) is 7.11 Å². The third-order valence-corrected chi connectivity index (χ3v) is 3.29. The third-order valence-electron chi connectivity index (χ3n) is 2.83. The molecule has 3 heteroatoms. The molecule has 1 saturated carbocycles. The van der Waals surface area contributed by atoms with Crippen molar-refractivity contribution in [2.24, 2.45) is 5.92 Å². The number of nitrogens with one attached hydrogen (secondary N) is 1. The average Bonchev–Trinajstić information content (AvgIpc) is 2.99. The predicted octanol–water partition coefficient (Wildman–Crippen LogP) is 3.67. The topological polar surface area (TPSA) is 21.3 Å². The van der Waals surface area contributed by atoms with Gasteiger partial charge in [-0.1, -0.05) is 15.9 Å². The molecule has 15 heavy (non-hydrogen) atoms. The van der Waals surface area contributed by atoms with E-state index in [1.165, 1.54) is 12.8 Å². The fourth-order valence-corrected chi connectivity index (χ4v) is 2.21. The maximum Gasteiger partial charge on any atom is 0.122 e. The number of hydrogen-bond acceptors (Lipinski definition) is 2. The molecule has 1 aromatic rings. The van der Waals surface area contributed by atoms with Crippen molar-refractivity contribution in [3.63, 3.8) is 0 Å². The van der Waals surface area contributed by atoms with E-state index in [0.717, 1.165) is 21.8 Å². The molecule has 0 amide bonds. The minimum absolute atomic E-state index is 0.559. The molecule has 1 aliphatic rings. The monoisotopic (exact) mass is 269 g/mol. The second-order valence-corrected chi connectivity index (χ2v) is 5.07. The van der Waals surface area contributed by atoms with Crippen molar-refractivity contribution in [3.05, 3.63) is 22.7 Å². The van der Waals surface area contributed by atoms with Crippen LogP contribution < -0.4 is 10.1 Å². The lowest BCUT2D eigenvalue weighted by Gasteiger charge is -2.15. The lowest BCUT2D eigenvalue weighted by Crippen LogP contribution is -2.17. The van der Waals surface area contributed by atoms with Gasteiger partial charge in [0.1, 0.15) is 5.75 Å². The lowest BCUT2D eigenvalue weighted by atomic mass is 10.2. The van der Waals surface area contributed by atoms with E-state index in [1.807, 2.05) is 12.1 Å². The van der Waals surface area contributed by atoms with Gasteiger partial charge in [0.15, 0.2) is 0 Å². The minimum Gasteiger partial charge on any atom is -0.497 e. The Labute approximate surface area is 99.1 Å². The van der Waals surface area contributed by atoms with E-state index < -0.39 is 0 Å². The van der Waals surface area contributed by atoms with Crippen molar-refractivity contribution in [3.8, 4) is 5.75 Å². The van der Waals surface area contributed by atoms with E-state index in [-0.39, 0.29) is 0 Å². The van der Waals surface area contributed by atoms with Gasteiger partial charge in [0, 0.05) is 22.3 Å². The van der Waals surface area contributed by atoms with Crippen LogP contribution in [0.15, 0.2) is 22.7 Å². The smallest absolute Gasteiger partial charge is 0.122 e. The Morgan fingerprint density at radius 1 is 1.40 bits per heavy atom. The highest BCUT2D eigenvalue weighted by Gasteiger charge is 2.27. The number of anilines is 1. The molecule has 1 aliphatic carbocycles. The zero-order valence-corrected chi connectivity index (χ0v) is 10.7. The van der Waals surface area contributed by atoms with Gasteiger partial charge < -0.3 is 10.1 Å². The summed E-state index contributed by atoms with van der Waals surface area (Å²) >= 11 is 3.48. The van der Waals surface area contributed by atoms with E-state index in [9.17, 15) is 0 Å². The Morgan fingerprint density at radius 2 is 2.13 bits per heavy atom. The van der Waals surface area contributed by atoms with Crippen molar-refractivity contribution in [2.45, 2.75) is 25.8 Å². The summed E-state index contributed by atoms with van der Waals surface area (Å²) in [6.45, 7) is 2.24. The number of benzene rings is 1. The van der Waals surface area contributed by atoms with Gasteiger partial charge in [0.05, 0.1) is 7.11 Å². The fraction of sp³-hybridized carbons (Fsp3) is 0.500. The molecule has 2 nitrogen and oxygen atoms in total. The van der Waals surface area contributed by atoms with E-state index in [4.69, 9.17) is 4.74 Å². The van der Waals surface area contributed by atoms with Gasteiger partial charge in [-0.25, -0.2) is 0 Å². The summed E-state index contributed by atoms with van der Waals surface area (Å²) in [7, 11) is 1.69. The molecule has 0 radical (unpaired) electrons. The van der Waals surface area contributed by atoms with Gasteiger partial charge in [-0.2, -0.15) is 0 Å². The summed E-state index contributed by atoms with van der Waals surface area (Å²) in [5.41, 5.74) is 1.13. The van der Waals surface area contributed by atoms with Gasteiger partial charge in [-0.3, -0.25) is 0 Å². The lowest BCUT2D eigenvalue weighted by molar-refractivity contribution is 0.414. The third kappa shape index (κ3) is 2.88. The first-order valence-electron chi connectivity index (χ1n) is 5.30. The maximum atomic E-state index is 5.22. The molecule has 0 heterocycles. The molecule has 2 rings (SSSR count). The molecular formula is C12H16BrNO. The summed E-state index contributed by atoms with van der Waals surface area (Å²) in [6, 6.07) is 6.64. The van der Waals surface area contributed by atoms with Crippen LogP contribution in [0.4, 0.5) is 5.69 Å². The number of ether oxygens (including phenoxy) is 1. The van der Waals surface area contributed by atoms with Crippen LogP contribution >= 0.6 is 15.9 Å². The quantitative estimate of drug-likeness (QED) is 0.901. The summed E-state index contributed by atoms with van der Waals surface area (Å²) in [5, 5.41) is 3.51. The minimum atomic E-state index is 0.559. The molecule has 1 fully saturated rings. The Bertz CT molecular complexity index is 349. The summed E-state index contributed by atoms with van der Waals surface area (Å²) in [5.74, 6) is 1.74. The average molecular weight is 270 g/mol. The van der Waals surface area contributed by atoms with Crippen LogP contribution in [-0.4, -0.2) is 13.2 Å². The molecule has 82 valence electrons. The summed E-state index contributed by atoms with van der Waals surface area (Å²) in [4.78, 5) is 0. The first kappa shape index (κ1) is 10.8. The molecule has 0 aliphatic heterocycles. The molecule has 1 unspecified atom stereocenters. The predicted molar refractivity (Wildman–Crippen MR) is 66.5 cm³/mol. The first-order chi connectivity index (χ1) is 7.19. The van der Waals surface area contributed by atoms with Crippen molar-refractivity contribution in [1.82, 2.24) is 0 Å². The normalized spacial score (nSPS) is 17.3. The summed E-state index contributed by atoms with van der Waals surface area (Å²) < 4.78 is 6.27. The maximum absolute atomic E-state index is 5.22. The van der Waals surface area contributed by atoms with Crippen molar-refractivity contribution in [2.75, 3.05) is 12.4 Å². The van der Waals surface area contributed by atoms with E-state index in [2.05, 4.69) is 34.2 Å².